The highest BCUT2D eigenvalue weighted by atomic mass is 16.1. The summed E-state index contributed by atoms with van der Waals surface area (Å²) in [6.45, 7) is 0.651. The van der Waals surface area contributed by atoms with Crippen molar-refractivity contribution in [2.75, 3.05) is 10.6 Å². The second-order valence-corrected chi connectivity index (χ2v) is 7.39. The maximum atomic E-state index is 12.5. The number of benzene rings is 4. The summed E-state index contributed by atoms with van der Waals surface area (Å²) in [5.41, 5.74) is 5.53. The third-order valence-electron chi connectivity index (χ3n) is 5.30. The molecule has 4 aromatic carbocycles. The number of nitrogens with one attached hydrogen (secondary N) is 2. The quantitative estimate of drug-likeness (QED) is 0.341. The topological polar surface area (TPSA) is 54.0 Å². The molecule has 150 valence electrons. The van der Waals surface area contributed by atoms with Crippen molar-refractivity contribution in [3.63, 3.8) is 0 Å². The van der Waals surface area contributed by atoms with Gasteiger partial charge in [-0.1, -0.05) is 66.7 Å². The fourth-order valence-electron chi connectivity index (χ4n) is 3.72. The van der Waals surface area contributed by atoms with Crippen molar-refractivity contribution in [3.05, 3.63) is 114 Å². The molecule has 5 aromatic rings. The summed E-state index contributed by atoms with van der Waals surface area (Å²) >= 11 is 0. The van der Waals surface area contributed by atoms with Gasteiger partial charge >= 0.3 is 0 Å². The van der Waals surface area contributed by atoms with Crippen LogP contribution in [0.25, 0.3) is 21.8 Å². The van der Waals surface area contributed by atoms with Crippen LogP contribution in [0.15, 0.2) is 103 Å². The van der Waals surface area contributed by atoms with E-state index < -0.39 is 0 Å². The number of hydrogen-bond donors (Lipinski definition) is 2. The molecule has 0 radical (unpaired) electrons. The van der Waals surface area contributed by atoms with Crippen LogP contribution in [0.1, 0.15) is 15.9 Å². The number of rotatable bonds is 5. The Kier molecular flexibility index (Phi) is 5.03. The molecule has 0 atom stereocenters. The number of fused-ring (bicyclic) bond motifs is 2. The number of amides is 1. The molecule has 0 fully saturated rings. The monoisotopic (exact) mass is 403 g/mol. The normalized spacial score (nSPS) is 10.8. The number of carbonyl (C=O) groups is 1. The molecule has 0 bridgehead atoms. The average Bonchev–Trinajstić information content (AvgIpc) is 2.82. The van der Waals surface area contributed by atoms with Crippen molar-refractivity contribution >= 4 is 39.1 Å². The van der Waals surface area contributed by atoms with Crippen molar-refractivity contribution in [2.45, 2.75) is 6.54 Å². The van der Waals surface area contributed by atoms with Crippen molar-refractivity contribution in [3.8, 4) is 0 Å². The van der Waals surface area contributed by atoms with Crippen LogP contribution in [-0.2, 0) is 6.54 Å². The number of anilines is 2. The minimum absolute atomic E-state index is 0.114. The van der Waals surface area contributed by atoms with Crippen molar-refractivity contribution in [1.82, 2.24) is 4.98 Å². The van der Waals surface area contributed by atoms with Gasteiger partial charge < -0.3 is 10.6 Å². The summed E-state index contributed by atoms with van der Waals surface area (Å²) in [5, 5.41) is 8.70. The number of para-hydroxylation sites is 3. The first-order valence-electron chi connectivity index (χ1n) is 10.2. The second kappa shape index (κ2) is 8.28. The van der Waals surface area contributed by atoms with Gasteiger partial charge in [0.05, 0.1) is 16.7 Å². The molecule has 4 heteroatoms. The molecular formula is C27H21N3O. The molecule has 2 N–H and O–H groups in total. The van der Waals surface area contributed by atoms with Crippen LogP contribution in [0.3, 0.4) is 0 Å². The van der Waals surface area contributed by atoms with E-state index in [-0.39, 0.29) is 5.91 Å². The average molecular weight is 403 g/mol. The van der Waals surface area contributed by atoms with Gasteiger partial charge in [-0.3, -0.25) is 4.79 Å². The van der Waals surface area contributed by atoms with Crippen LogP contribution in [-0.4, -0.2) is 10.9 Å². The summed E-state index contributed by atoms with van der Waals surface area (Å²) in [4.78, 5) is 17.2. The minimum atomic E-state index is -0.114. The van der Waals surface area contributed by atoms with Gasteiger partial charge in [0.1, 0.15) is 0 Å². The maximum absolute atomic E-state index is 12.5. The van der Waals surface area contributed by atoms with E-state index in [1.165, 1.54) is 0 Å². The lowest BCUT2D eigenvalue weighted by atomic mass is 10.1. The third-order valence-corrected chi connectivity index (χ3v) is 5.30. The predicted octanol–water partition coefficient (Wildman–Crippen LogP) is 6.25. The van der Waals surface area contributed by atoms with Crippen LogP contribution < -0.4 is 10.6 Å². The molecule has 0 saturated heterocycles. The molecule has 0 aliphatic carbocycles. The summed E-state index contributed by atoms with van der Waals surface area (Å²) in [7, 11) is 0. The molecule has 0 aliphatic heterocycles. The molecular weight excluding hydrogens is 382 g/mol. The Morgan fingerprint density at radius 3 is 1.90 bits per heavy atom. The van der Waals surface area contributed by atoms with E-state index in [4.69, 9.17) is 4.98 Å². The summed E-state index contributed by atoms with van der Waals surface area (Å²) in [6, 6.07) is 33.5. The van der Waals surface area contributed by atoms with E-state index in [1.54, 1.807) is 0 Å². The molecule has 0 unspecified atom stereocenters. The lowest BCUT2D eigenvalue weighted by molar-refractivity contribution is 0.102. The van der Waals surface area contributed by atoms with Gasteiger partial charge in [0.25, 0.3) is 5.91 Å². The van der Waals surface area contributed by atoms with Crippen LogP contribution in [0.4, 0.5) is 11.4 Å². The van der Waals surface area contributed by atoms with E-state index in [9.17, 15) is 4.79 Å². The van der Waals surface area contributed by atoms with Crippen LogP contribution in [0, 0.1) is 0 Å². The lowest BCUT2D eigenvalue weighted by Crippen LogP contribution is -2.11. The Bertz CT molecular complexity index is 1310. The zero-order valence-electron chi connectivity index (χ0n) is 16.9. The SMILES string of the molecule is O=C(Nc1ccccc1)c1ccc(CNc2c3ccccc3nc3ccccc23)cc1. The standard InChI is InChI=1S/C27H21N3O/c31-27(29-21-8-2-1-3-9-21)20-16-14-19(15-17-20)18-28-26-22-10-4-6-12-24(22)30-25-13-7-5-11-23(25)26/h1-17H,18H2,(H,28,30)(H,29,31). The second-order valence-electron chi connectivity index (χ2n) is 7.39. The molecule has 1 aromatic heterocycles. The van der Waals surface area contributed by atoms with Crippen molar-refractivity contribution < 1.29 is 4.79 Å². The lowest BCUT2D eigenvalue weighted by Gasteiger charge is -2.13. The van der Waals surface area contributed by atoms with E-state index in [0.29, 0.717) is 12.1 Å². The molecule has 1 heterocycles. The maximum Gasteiger partial charge on any atom is 0.255 e. The molecule has 31 heavy (non-hydrogen) atoms. The number of aromatic nitrogens is 1. The van der Waals surface area contributed by atoms with Gasteiger partial charge in [-0.25, -0.2) is 4.98 Å². The Morgan fingerprint density at radius 2 is 1.26 bits per heavy atom. The van der Waals surface area contributed by atoms with Gasteiger partial charge in [0.2, 0.25) is 0 Å². The molecule has 1 amide bonds. The number of nitrogens with zero attached hydrogens (tertiary/aromatic N) is 1. The van der Waals surface area contributed by atoms with Crippen LogP contribution >= 0.6 is 0 Å². The van der Waals surface area contributed by atoms with Gasteiger partial charge in [-0.05, 0) is 42.0 Å². The van der Waals surface area contributed by atoms with Gasteiger partial charge in [0, 0.05) is 28.6 Å². The molecule has 0 aliphatic rings. The van der Waals surface area contributed by atoms with E-state index in [2.05, 4.69) is 22.8 Å². The van der Waals surface area contributed by atoms with E-state index >= 15 is 0 Å². The van der Waals surface area contributed by atoms with Gasteiger partial charge in [0.15, 0.2) is 0 Å². The Morgan fingerprint density at radius 1 is 0.677 bits per heavy atom. The third kappa shape index (κ3) is 3.96. The highest BCUT2D eigenvalue weighted by Gasteiger charge is 2.09. The van der Waals surface area contributed by atoms with Gasteiger partial charge in [-0.2, -0.15) is 0 Å². The first kappa shape index (κ1) is 18.8. The number of hydrogen-bond acceptors (Lipinski definition) is 3. The molecule has 4 nitrogen and oxygen atoms in total. The Labute approximate surface area is 180 Å². The first-order valence-corrected chi connectivity index (χ1v) is 10.2. The van der Waals surface area contributed by atoms with E-state index in [0.717, 1.165) is 38.7 Å². The highest BCUT2D eigenvalue weighted by molar-refractivity contribution is 6.07. The molecule has 0 spiro atoms. The fourth-order valence-corrected chi connectivity index (χ4v) is 3.72. The largest absolute Gasteiger partial charge is 0.380 e. The smallest absolute Gasteiger partial charge is 0.255 e. The predicted molar refractivity (Wildman–Crippen MR) is 127 cm³/mol. The van der Waals surface area contributed by atoms with Crippen molar-refractivity contribution in [2.24, 2.45) is 0 Å². The first-order chi connectivity index (χ1) is 15.3. The fraction of sp³-hybridized carbons (Fsp3) is 0.0370. The zero-order chi connectivity index (χ0) is 21.0. The van der Waals surface area contributed by atoms with Crippen molar-refractivity contribution in [1.29, 1.82) is 0 Å². The van der Waals surface area contributed by atoms with E-state index in [1.807, 2.05) is 91.0 Å². The number of pyridine rings is 1. The summed E-state index contributed by atoms with van der Waals surface area (Å²) in [6.07, 6.45) is 0. The summed E-state index contributed by atoms with van der Waals surface area (Å²) in [5.74, 6) is -0.114. The number of carbonyl (C=O) groups excluding carboxylic acids is 1. The van der Waals surface area contributed by atoms with Crippen LogP contribution in [0.2, 0.25) is 0 Å². The zero-order valence-corrected chi connectivity index (χ0v) is 16.9. The Balaban J connectivity index is 1.36. The summed E-state index contributed by atoms with van der Waals surface area (Å²) < 4.78 is 0. The minimum Gasteiger partial charge on any atom is -0.380 e. The highest BCUT2D eigenvalue weighted by Crippen LogP contribution is 2.31. The van der Waals surface area contributed by atoms with Gasteiger partial charge in [-0.15, -0.1) is 0 Å². The molecule has 0 saturated carbocycles. The molecule has 5 rings (SSSR count). The Hall–Kier alpha value is -4.18. The van der Waals surface area contributed by atoms with Crippen LogP contribution in [0.5, 0.6) is 0 Å².